The van der Waals surface area contributed by atoms with E-state index in [1.807, 2.05) is 24.3 Å². The second kappa shape index (κ2) is 7.23. The lowest BCUT2D eigenvalue weighted by Gasteiger charge is -2.31. The predicted octanol–water partition coefficient (Wildman–Crippen LogP) is 1.62. The van der Waals surface area contributed by atoms with E-state index >= 15 is 0 Å². The number of anilines is 2. The number of carbonyl (C=O) groups excluding carboxylic acids is 4. The average molecular weight is 418 g/mol. The van der Waals surface area contributed by atoms with Gasteiger partial charge in [-0.3, -0.25) is 29.4 Å². The number of piperidine rings is 1. The summed E-state index contributed by atoms with van der Waals surface area (Å²) in [6, 6.07) is 10.2. The number of nitrogens with one attached hydrogen (secondary N) is 1. The number of rotatable bonds is 3. The van der Waals surface area contributed by atoms with E-state index < -0.39 is 23.8 Å². The molecule has 1 atom stereocenters. The van der Waals surface area contributed by atoms with Crippen LogP contribution in [0.1, 0.15) is 51.1 Å². The Balaban J connectivity index is 1.40. The molecule has 1 saturated heterocycles. The first-order chi connectivity index (χ1) is 14.9. The largest absolute Gasteiger partial charge is 0.399 e. The molecule has 3 aliphatic heterocycles. The molecule has 8 heteroatoms. The van der Waals surface area contributed by atoms with Gasteiger partial charge < -0.3 is 10.6 Å². The lowest BCUT2D eigenvalue weighted by Crippen LogP contribution is -2.54. The number of nitrogens with two attached hydrogens (primary N) is 1. The van der Waals surface area contributed by atoms with Gasteiger partial charge in [0.25, 0.3) is 11.8 Å². The number of amides is 4. The Kier molecular flexibility index (Phi) is 4.50. The van der Waals surface area contributed by atoms with Crippen LogP contribution in [0.5, 0.6) is 0 Å². The molecule has 0 aromatic heterocycles. The van der Waals surface area contributed by atoms with Gasteiger partial charge in [-0.05, 0) is 60.7 Å². The first kappa shape index (κ1) is 19.3. The van der Waals surface area contributed by atoms with E-state index in [-0.39, 0.29) is 18.7 Å². The van der Waals surface area contributed by atoms with Crippen LogP contribution >= 0.6 is 0 Å². The zero-order chi connectivity index (χ0) is 21.7. The molecule has 2 aromatic rings. The summed E-state index contributed by atoms with van der Waals surface area (Å²) < 4.78 is 0. The highest BCUT2D eigenvalue weighted by Gasteiger charge is 2.44. The number of nitrogen functional groups attached to an aromatic ring is 1. The fraction of sp³-hybridized carbons (Fsp3) is 0.304. The standard InChI is InChI=1S/C23H22N4O4/c24-15-4-6-18-14(11-15)2-1-9-26(18)12-13-3-5-16-17(10-13)23(31)27(22(16)30)19-7-8-20(28)25-21(19)29/h3-6,10-11,19H,1-2,7-9,12,24H2,(H,25,28,29). The van der Waals surface area contributed by atoms with E-state index in [0.717, 1.165) is 41.2 Å². The molecule has 3 heterocycles. The van der Waals surface area contributed by atoms with Gasteiger partial charge in [0, 0.05) is 30.9 Å². The summed E-state index contributed by atoms with van der Waals surface area (Å²) >= 11 is 0. The Morgan fingerprint density at radius 1 is 0.968 bits per heavy atom. The van der Waals surface area contributed by atoms with E-state index in [1.165, 1.54) is 5.56 Å². The fourth-order valence-corrected chi connectivity index (χ4v) is 4.70. The molecule has 3 aliphatic rings. The lowest BCUT2D eigenvalue weighted by atomic mass is 9.99. The van der Waals surface area contributed by atoms with E-state index in [4.69, 9.17) is 5.73 Å². The van der Waals surface area contributed by atoms with Gasteiger partial charge >= 0.3 is 0 Å². The van der Waals surface area contributed by atoms with Crippen LogP contribution < -0.4 is 16.0 Å². The van der Waals surface area contributed by atoms with E-state index in [9.17, 15) is 19.2 Å². The van der Waals surface area contributed by atoms with Crippen molar-refractivity contribution < 1.29 is 19.2 Å². The Morgan fingerprint density at radius 3 is 2.58 bits per heavy atom. The Hall–Kier alpha value is -3.68. The summed E-state index contributed by atoms with van der Waals surface area (Å²) in [5, 5.41) is 2.21. The number of fused-ring (bicyclic) bond motifs is 2. The summed E-state index contributed by atoms with van der Waals surface area (Å²) in [6.07, 6.45) is 2.25. The predicted molar refractivity (Wildman–Crippen MR) is 113 cm³/mol. The van der Waals surface area contributed by atoms with Gasteiger partial charge in [-0.1, -0.05) is 6.07 Å². The fourth-order valence-electron chi connectivity index (χ4n) is 4.70. The van der Waals surface area contributed by atoms with Crippen molar-refractivity contribution in [3.63, 3.8) is 0 Å². The topological polar surface area (TPSA) is 113 Å². The first-order valence-corrected chi connectivity index (χ1v) is 10.4. The van der Waals surface area contributed by atoms with Gasteiger partial charge in [-0.15, -0.1) is 0 Å². The molecule has 0 aliphatic carbocycles. The highest BCUT2D eigenvalue weighted by Crippen LogP contribution is 2.32. The zero-order valence-corrected chi connectivity index (χ0v) is 16.9. The van der Waals surface area contributed by atoms with Crippen LogP contribution in [0, 0.1) is 0 Å². The van der Waals surface area contributed by atoms with Crippen LogP contribution in [-0.4, -0.2) is 41.1 Å². The van der Waals surface area contributed by atoms with Crippen LogP contribution in [0.3, 0.4) is 0 Å². The Bertz CT molecular complexity index is 1140. The smallest absolute Gasteiger partial charge is 0.262 e. The van der Waals surface area contributed by atoms with Crippen molar-refractivity contribution in [3.05, 3.63) is 58.7 Å². The highest BCUT2D eigenvalue weighted by atomic mass is 16.2. The van der Waals surface area contributed by atoms with Crippen molar-refractivity contribution in [1.29, 1.82) is 0 Å². The molecule has 0 spiro atoms. The Labute approximate surface area is 179 Å². The third-order valence-corrected chi connectivity index (χ3v) is 6.20. The number of hydrogen-bond acceptors (Lipinski definition) is 6. The summed E-state index contributed by atoms with van der Waals surface area (Å²) in [6.45, 7) is 1.49. The quantitative estimate of drug-likeness (QED) is 0.579. The maximum atomic E-state index is 13.0. The second-order valence-electron chi connectivity index (χ2n) is 8.24. The summed E-state index contributed by atoms with van der Waals surface area (Å²) in [7, 11) is 0. The van der Waals surface area contributed by atoms with E-state index in [2.05, 4.69) is 10.2 Å². The van der Waals surface area contributed by atoms with Gasteiger partial charge in [0.05, 0.1) is 11.1 Å². The molecule has 4 amide bonds. The van der Waals surface area contributed by atoms with Gasteiger partial charge in [-0.25, -0.2) is 0 Å². The van der Waals surface area contributed by atoms with Crippen molar-refractivity contribution in [3.8, 4) is 0 Å². The molecule has 0 bridgehead atoms. The van der Waals surface area contributed by atoms with Crippen LogP contribution in [0.25, 0.3) is 0 Å². The van der Waals surface area contributed by atoms with Gasteiger partial charge in [0.2, 0.25) is 11.8 Å². The van der Waals surface area contributed by atoms with Crippen molar-refractivity contribution >= 4 is 35.0 Å². The molecular weight excluding hydrogens is 396 g/mol. The van der Waals surface area contributed by atoms with Crippen LogP contribution in [0.2, 0.25) is 0 Å². The number of nitrogens with zero attached hydrogens (tertiary/aromatic N) is 2. The van der Waals surface area contributed by atoms with Crippen LogP contribution in [-0.2, 0) is 22.6 Å². The molecule has 2 aromatic carbocycles. The normalized spacial score (nSPS) is 20.6. The summed E-state index contributed by atoms with van der Waals surface area (Å²) in [5.41, 5.74) is 10.5. The maximum Gasteiger partial charge on any atom is 0.262 e. The number of carbonyl (C=O) groups is 4. The monoisotopic (exact) mass is 418 g/mol. The molecular formula is C23H22N4O4. The van der Waals surface area contributed by atoms with Gasteiger partial charge in [-0.2, -0.15) is 0 Å². The summed E-state index contributed by atoms with van der Waals surface area (Å²) in [4.78, 5) is 52.8. The van der Waals surface area contributed by atoms with Crippen molar-refractivity contribution in [2.45, 2.75) is 38.3 Å². The molecule has 5 rings (SSSR count). The first-order valence-electron chi connectivity index (χ1n) is 10.4. The second-order valence-corrected chi connectivity index (χ2v) is 8.24. The number of benzene rings is 2. The minimum atomic E-state index is -0.951. The summed E-state index contributed by atoms with van der Waals surface area (Å²) in [5.74, 6) is -1.96. The number of aryl methyl sites for hydroxylation is 1. The van der Waals surface area contributed by atoms with Gasteiger partial charge in [0.1, 0.15) is 6.04 Å². The molecule has 0 saturated carbocycles. The number of imide groups is 2. The minimum absolute atomic E-state index is 0.105. The molecule has 158 valence electrons. The van der Waals surface area contributed by atoms with Crippen LogP contribution in [0.15, 0.2) is 36.4 Å². The third kappa shape index (κ3) is 3.24. The van der Waals surface area contributed by atoms with E-state index in [0.29, 0.717) is 17.7 Å². The molecule has 0 radical (unpaired) electrons. The number of hydrogen-bond donors (Lipinski definition) is 2. The van der Waals surface area contributed by atoms with Gasteiger partial charge in [0.15, 0.2) is 0 Å². The molecule has 1 unspecified atom stereocenters. The SMILES string of the molecule is Nc1ccc2c(c1)CCCN2Cc1ccc2c(c1)C(=O)N(C1CCC(=O)NC1=O)C2=O. The Morgan fingerprint density at radius 2 is 1.77 bits per heavy atom. The third-order valence-electron chi connectivity index (χ3n) is 6.20. The van der Waals surface area contributed by atoms with Crippen molar-refractivity contribution in [2.24, 2.45) is 0 Å². The molecule has 8 nitrogen and oxygen atoms in total. The lowest BCUT2D eigenvalue weighted by molar-refractivity contribution is -0.136. The maximum absolute atomic E-state index is 13.0. The van der Waals surface area contributed by atoms with Crippen LogP contribution in [0.4, 0.5) is 11.4 Å². The zero-order valence-electron chi connectivity index (χ0n) is 16.9. The van der Waals surface area contributed by atoms with Crippen molar-refractivity contribution in [2.75, 3.05) is 17.2 Å². The highest BCUT2D eigenvalue weighted by molar-refractivity contribution is 6.23. The van der Waals surface area contributed by atoms with E-state index in [1.54, 1.807) is 12.1 Å². The van der Waals surface area contributed by atoms with Crippen molar-refractivity contribution in [1.82, 2.24) is 10.2 Å². The minimum Gasteiger partial charge on any atom is -0.399 e. The molecule has 31 heavy (non-hydrogen) atoms. The average Bonchev–Trinajstić information content (AvgIpc) is 2.98. The molecule has 1 fully saturated rings. The molecule has 3 N–H and O–H groups in total.